The molecule has 0 spiro atoms. The summed E-state index contributed by atoms with van der Waals surface area (Å²) in [6.07, 6.45) is 4.00. The zero-order valence-corrected chi connectivity index (χ0v) is 19.2. The number of esters is 1. The first-order chi connectivity index (χ1) is 16.8. The van der Waals surface area contributed by atoms with E-state index in [9.17, 15) is 29.3 Å². The third-order valence-electron chi connectivity index (χ3n) is 6.32. The molecule has 182 valence electrons. The Bertz CT molecular complexity index is 1170. The molecule has 1 unspecified atom stereocenters. The summed E-state index contributed by atoms with van der Waals surface area (Å²) in [5.74, 6) is -1.69. The summed E-state index contributed by atoms with van der Waals surface area (Å²) < 4.78 is 5.00. The van der Waals surface area contributed by atoms with Gasteiger partial charge in [-0.05, 0) is 43.2 Å². The molecule has 1 saturated carbocycles. The van der Waals surface area contributed by atoms with Crippen LogP contribution in [-0.4, -0.2) is 45.6 Å². The molecule has 0 bridgehead atoms. The van der Waals surface area contributed by atoms with Crippen LogP contribution in [-0.2, 0) is 14.4 Å². The van der Waals surface area contributed by atoms with E-state index in [1.807, 2.05) is 0 Å². The number of amides is 3. The Morgan fingerprint density at radius 3 is 2.37 bits per heavy atom. The van der Waals surface area contributed by atoms with Crippen molar-refractivity contribution in [1.82, 2.24) is 4.90 Å². The largest absolute Gasteiger partial charge is 0.427 e. The molecule has 1 aliphatic heterocycles. The number of nitrogens with zero attached hydrogens (tertiary/aromatic N) is 3. The molecule has 1 saturated heterocycles. The van der Waals surface area contributed by atoms with E-state index < -0.39 is 34.7 Å². The predicted molar refractivity (Wildman–Crippen MR) is 125 cm³/mol. The second kappa shape index (κ2) is 10.0. The van der Waals surface area contributed by atoms with Crippen LogP contribution in [0.1, 0.15) is 55.8 Å². The van der Waals surface area contributed by atoms with E-state index in [4.69, 9.17) is 4.74 Å². The molecular weight excluding hydrogens is 454 g/mol. The fourth-order valence-electron chi connectivity index (χ4n) is 4.76. The summed E-state index contributed by atoms with van der Waals surface area (Å²) >= 11 is 0. The Morgan fingerprint density at radius 2 is 1.74 bits per heavy atom. The van der Waals surface area contributed by atoms with E-state index in [-0.39, 0.29) is 29.5 Å². The third-order valence-corrected chi connectivity index (χ3v) is 6.32. The van der Waals surface area contributed by atoms with Gasteiger partial charge in [-0.2, -0.15) is 0 Å². The lowest BCUT2D eigenvalue weighted by molar-refractivity contribution is -0.384. The lowest BCUT2D eigenvalue weighted by Crippen LogP contribution is -2.51. The van der Waals surface area contributed by atoms with Crippen molar-refractivity contribution in [1.29, 1.82) is 0 Å². The maximum Gasteiger partial charge on any atom is 0.308 e. The molecule has 10 nitrogen and oxygen atoms in total. The second-order valence-electron chi connectivity index (χ2n) is 8.69. The first-order valence-electron chi connectivity index (χ1n) is 11.5. The monoisotopic (exact) mass is 479 g/mol. The fourth-order valence-corrected chi connectivity index (χ4v) is 4.76. The minimum atomic E-state index is -1.01. The van der Waals surface area contributed by atoms with Crippen LogP contribution in [0.15, 0.2) is 48.5 Å². The van der Waals surface area contributed by atoms with E-state index in [2.05, 4.69) is 0 Å². The van der Waals surface area contributed by atoms with Gasteiger partial charge in [-0.1, -0.05) is 25.3 Å². The van der Waals surface area contributed by atoms with Crippen LogP contribution in [0.5, 0.6) is 5.75 Å². The van der Waals surface area contributed by atoms with Crippen molar-refractivity contribution in [2.75, 3.05) is 4.90 Å². The quantitative estimate of drug-likeness (QED) is 0.203. The predicted octanol–water partition coefficient (Wildman–Crippen LogP) is 3.63. The van der Waals surface area contributed by atoms with Crippen LogP contribution < -0.4 is 9.64 Å². The van der Waals surface area contributed by atoms with Crippen molar-refractivity contribution in [2.45, 2.75) is 57.5 Å². The number of rotatable bonds is 6. The highest BCUT2D eigenvalue weighted by atomic mass is 16.6. The molecule has 1 aliphatic carbocycles. The summed E-state index contributed by atoms with van der Waals surface area (Å²) in [7, 11) is 0. The lowest BCUT2D eigenvalue weighted by Gasteiger charge is -2.37. The molecule has 0 aromatic heterocycles. The number of benzene rings is 2. The first-order valence-corrected chi connectivity index (χ1v) is 11.5. The van der Waals surface area contributed by atoms with E-state index in [1.165, 1.54) is 60.4 Å². The number of anilines is 1. The lowest BCUT2D eigenvalue weighted by atomic mass is 9.92. The number of imide groups is 1. The summed E-state index contributed by atoms with van der Waals surface area (Å²) in [6, 6.07) is 10.1. The average Bonchev–Trinajstić information content (AvgIpc) is 3.13. The molecule has 1 heterocycles. The van der Waals surface area contributed by atoms with Crippen LogP contribution >= 0.6 is 0 Å². The van der Waals surface area contributed by atoms with Crippen LogP contribution in [0.2, 0.25) is 0 Å². The maximum atomic E-state index is 13.6. The Kier molecular flexibility index (Phi) is 6.90. The highest BCUT2D eigenvalue weighted by Gasteiger charge is 2.46. The van der Waals surface area contributed by atoms with Gasteiger partial charge in [0.2, 0.25) is 5.91 Å². The van der Waals surface area contributed by atoms with E-state index >= 15 is 0 Å². The van der Waals surface area contributed by atoms with Crippen molar-refractivity contribution in [3.05, 3.63) is 64.2 Å². The van der Waals surface area contributed by atoms with Gasteiger partial charge in [-0.25, -0.2) is 4.90 Å². The number of hydrogen-bond donors (Lipinski definition) is 0. The topological polar surface area (TPSA) is 127 Å². The number of hydrogen-bond acceptors (Lipinski definition) is 7. The second-order valence-corrected chi connectivity index (χ2v) is 8.69. The van der Waals surface area contributed by atoms with Crippen molar-refractivity contribution >= 4 is 35.1 Å². The van der Waals surface area contributed by atoms with Gasteiger partial charge in [0.25, 0.3) is 17.5 Å². The molecule has 0 radical (unpaired) electrons. The highest BCUT2D eigenvalue weighted by molar-refractivity contribution is 6.23. The number of non-ortho nitro benzene ring substituents is 1. The molecule has 0 N–H and O–H groups in total. The molecule has 2 fully saturated rings. The average molecular weight is 479 g/mol. The minimum absolute atomic E-state index is 0.106. The highest BCUT2D eigenvalue weighted by Crippen LogP contribution is 2.33. The molecule has 35 heavy (non-hydrogen) atoms. The first kappa shape index (κ1) is 24.1. The molecule has 2 aromatic carbocycles. The van der Waals surface area contributed by atoms with Gasteiger partial charge in [-0.3, -0.25) is 29.3 Å². The molecular formula is C25H25N3O7. The Balaban J connectivity index is 1.65. The summed E-state index contributed by atoms with van der Waals surface area (Å²) in [5, 5.41) is 11.2. The third kappa shape index (κ3) is 5.06. The van der Waals surface area contributed by atoms with Crippen LogP contribution in [0, 0.1) is 10.1 Å². The molecule has 2 aliphatic rings. The van der Waals surface area contributed by atoms with Gasteiger partial charge in [0.15, 0.2) is 0 Å². The number of carbonyl (C=O) groups is 4. The number of carbonyl (C=O) groups excluding carboxylic acids is 4. The van der Waals surface area contributed by atoms with Gasteiger partial charge in [0, 0.05) is 30.7 Å². The Labute approximate surface area is 201 Å². The summed E-state index contributed by atoms with van der Waals surface area (Å²) in [4.78, 5) is 64.4. The van der Waals surface area contributed by atoms with Crippen LogP contribution in [0.25, 0.3) is 0 Å². The Hall–Kier alpha value is -4.08. The fraction of sp³-hybridized carbons (Fsp3) is 0.360. The standard InChI is InChI=1S/C25H25N3O7/c1-16(29)35-21-12-10-19(11-13-21)27-23(30)15-22(25(27)32)26(18-7-3-2-4-8-18)24(31)17-6-5-9-20(14-17)28(33)34/h5-6,9-14,18,22H,2-4,7-8,15H2,1H3. The minimum Gasteiger partial charge on any atom is -0.427 e. The summed E-state index contributed by atoms with van der Waals surface area (Å²) in [5.41, 5.74) is 0.196. The van der Waals surface area contributed by atoms with Crippen molar-refractivity contribution in [2.24, 2.45) is 0 Å². The van der Waals surface area contributed by atoms with E-state index in [0.717, 1.165) is 24.2 Å². The Morgan fingerprint density at radius 1 is 1.06 bits per heavy atom. The number of ether oxygens (including phenoxy) is 1. The van der Waals surface area contributed by atoms with Gasteiger partial charge in [-0.15, -0.1) is 0 Å². The molecule has 2 aromatic rings. The normalized spacial score (nSPS) is 18.4. The maximum absolute atomic E-state index is 13.6. The smallest absolute Gasteiger partial charge is 0.308 e. The molecule has 3 amide bonds. The molecule has 10 heteroatoms. The number of nitro benzene ring substituents is 1. The van der Waals surface area contributed by atoms with E-state index in [0.29, 0.717) is 18.5 Å². The van der Waals surface area contributed by atoms with Crippen molar-refractivity contribution < 1.29 is 28.8 Å². The molecule has 1 atom stereocenters. The van der Waals surface area contributed by atoms with Crippen LogP contribution in [0.4, 0.5) is 11.4 Å². The zero-order chi connectivity index (χ0) is 25.1. The van der Waals surface area contributed by atoms with E-state index in [1.54, 1.807) is 0 Å². The van der Waals surface area contributed by atoms with Gasteiger partial charge in [0.1, 0.15) is 11.8 Å². The van der Waals surface area contributed by atoms with Gasteiger partial charge in [0.05, 0.1) is 17.0 Å². The zero-order valence-electron chi connectivity index (χ0n) is 19.2. The van der Waals surface area contributed by atoms with Crippen molar-refractivity contribution in [3.63, 3.8) is 0 Å². The van der Waals surface area contributed by atoms with Crippen LogP contribution in [0.3, 0.4) is 0 Å². The summed E-state index contributed by atoms with van der Waals surface area (Å²) in [6.45, 7) is 1.27. The van der Waals surface area contributed by atoms with Gasteiger partial charge >= 0.3 is 5.97 Å². The molecule has 4 rings (SSSR count). The number of nitro groups is 1. The SMILES string of the molecule is CC(=O)Oc1ccc(N2C(=O)CC(N(C(=O)c3cccc([N+](=O)[O-])c3)C3CCCCC3)C2=O)cc1. The van der Waals surface area contributed by atoms with Crippen molar-refractivity contribution in [3.8, 4) is 5.75 Å². The van der Waals surface area contributed by atoms with Gasteiger partial charge < -0.3 is 9.64 Å².